The average Bonchev–Trinajstić information content (AvgIpc) is 3.17. The van der Waals surface area contributed by atoms with Crippen LogP contribution in [0, 0.1) is 6.92 Å². The van der Waals surface area contributed by atoms with E-state index in [1.807, 2.05) is 24.0 Å². The second kappa shape index (κ2) is 6.53. The van der Waals surface area contributed by atoms with Crippen LogP contribution >= 0.6 is 0 Å². The Kier molecular flexibility index (Phi) is 4.20. The molecule has 2 N–H and O–H groups in total. The van der Waals surface area contributed by atoms with E-state index in [0.717, 1.165) is 29.8 Å². The number of aliphatic hydroxyl groups excluding tert-OH is 1. The maximum absolute atomic E-state index is 9.71. The summed E-state index contributed by atoms with van der Waals surface area (Å²) in [6, 6.07) is 4.13. The quantitative estimate of drug-likeness (QED) is 0.744. The zero-order valence-corrected chi connectivity index (χ0v) is 15.2. The van der Waals surface area contributed by atoms with Crippen molar-refractivity contribution >= 4 is 28.6 Å². The smallest absolute Gasteiger partial charge is 0.227 e. The molecule has 26 heavy (non-hydrogen) atoms. The molecule has 0 aromatic carbocycles. The van der Waals surface area contributed by atoms with E-state index < -0.39 is 0 Å². The number of aliphatic hydroxyl groups is 1. The molecule has 1 atom stereocenters. The van der Waals surface area contributed by atoms with Crippen molar-refractivity contribution in [2.24, 2.45) is 0 Å². The van der Waals surface area contributed by atoms with Gasteiger partial charge in [0.1, 0.15) is 23.0 Å². The second-order valence-electron chi connectivity index (χ2n) is 6.94. The van der Waals surface area contributed by atoms with Crippen LogP contribution < -0.4 is 10.2 Å². The molecular weight excluding hydrogens is 330 g/mol. The lowest BCUT2D eigenvalue weighted by atomic mass is 10.3. The van der Waals surface area contributed by atoms with Crippen LogP contribution in [-0.2, 0) is 0 Å². The van der Waals surface area contributed by atoms with Crippen molar-refractivity contribution in [1.82, 2.24) is 24.5 Å². The summed E-state index contributed by atoms with van der Waals surface area (Å²) in [5.74, 6) is 2.99. The highest BCUT2D eigenvalue weighted by molar-refractivity contribution is 5.79. The molecule has 0 spiro atoms. The van der Waals surface area contributed by atoms with E-state index >= 15 is 0 Å². The SMILES string of the molecule is Cc1nc2cnc(Nc3ccnc(N4CCC(O)C4)n3)cc2n1C(C)C. The van der Waals surface area contributed by atoms with Gasteiger partial charge < -0.3 is 19.9 Å². The van der Waals surface area contributed by atoms with Crippen molar-refractivity contribution in [3.8, 4) is 0 Å². The molecule has 3 aromatic rings. The minimum Gasteiger partial charge on any atom is -0.391 e. The lowest BCUT2D eigenvalue weighted by Crippen LogP contribution is -2.23. The lowest BCUT2D eigenvalue weighted by molar-refractivity contribution is 0.198. The molecule has 1 aliphatic heterocycles. The van der Waals surface area contributed by atoms with Crippen LogP contribution in [0.15, 0.2) is 24.5 Å². The molecule has 0 bridgehead atoms. The summed E-state index contributed by atoms with van der Waals surface area (Å²) in [5.41, 5.74) is 1.93. The minimum absolute atomic E-state index is 0.307. The first kappa shape index (κ1) is 16.7. The van der Waals surface area contributed by atoms with Crippen molar-refractivity contribution in [2.75, 3.05) is 23.3 Å². The molecule has 0 aliphatic carbocycles. The number of aryl methyl sites for hydroxylation is 1. The predicted molar refractivity (Wildman–Crippen MR) is 101 cm³/mol. The number of hydrogen-bond donors (Lipinski definition) is 2. The number of fused-ring (bicyclic) bond motifs is 1. The lowest BCUT2D eigenvalue weighted by Gasteiger charge is -2.16. The number of β-amino-alcohol motifs (C(OH)–C–C–N with tert-alkyl or cyclic N) is 1. The van der Waals surface area contributed by atoms with Gasteiger partial charge in [-0.15, -0.1) is 0 Å². The monoisotopic (exact) mass is 353 g/mol. The third-order valence-electron chi connectivity index (χ3n) is 4.61. The maximum atomic E-state index is 9.71. The third-order valence-corrected chi connectivity index (χ3v) is 4.61. The van der Waals surface area contributed by atoms with Crippen molar-refractivity contribution in [3.05, 3.63) is 30.4 Å². The van der Waals surface area contributed by atoms with E-state index in [2.05, 4.69) is 43.7 Å². The third kappa shape index (κ3) is 3.08. The Balaban J connectivity index is 1.62. The van der Waals surface area contributed by atoms with Crippen LogP contribution in [0.3, 0.4) is 0 Å². The van der Waals surface area contributed by atoms with Gasteiger partial charge in [-0.3, -0.25) is 0 Å². The number of anilines is 3. The van der Waals surface area contributed by atoms with Gasteiger partial charge in [-0.25, -0.2) is 15.0 Å². The van der Waals surface area contributed by atoms with Crippen molar-refractivity contribution in [2.45, 2.75) is 39.3 Å². The highest BCUT2D eigenvalue weighted by Crippen LogP contribution is 2.24. The summed E-state index contributed by atoms with van der Waals surface area (Å²) >= 11 is 0. The standard InChI is InChI=1S/C18H23N7O/c1-11(2)25-12(3)21-14-9-20-17(8-15(14)25)22-16-4-6-19-18(23-16)24-7-5-13(26)10-24/h4,6,8-9,11,13,26H,5,7,10H2,1-3H3,(H,19,20,22,23). The molecule has 8 heteroatoms. The zero-order valence-electron chi connectivity index (χ0n) is 15.2. The summed E-state index contributed by atoms with van der Waals surface area (Å²) in [7, 11) is 0. The van der Waals surface area contributed by atoms with Crippen molar-refractivity contribution in [1.29, 1.82) is 0 Å². The van der Waals surface area contributed by atoms with Gasteiger partial charge in [0.15, 0.2) is 0 Å². The van der Waals surface area contributed by atoms with Crippen LogP contribution in [-0.4, -0.2) is 48.8 Å². The van der Waals surface area contributed by atoms with Gasteiger partial charge in [0.25, 0.3) is 0 Å². The van der Waals surface area contributed by atoms with Crippen molar-refractivity contribution < 1.29 is 5.11 Å². The molecule has 1 fully saturated rings. The van der Waals surface area contributed by atoms with Gasteiger partial charge in [-0.1, -0.05) is 0 Å². The molecule has 3 aromatic heterocycles. The van der Waals surface area contributed by atoms with Gasteiger partial charge >= 0.3 is 0 Å². The number of hydrogen-bond acceptors (Lipinski definition) is 7. The van der Waals surface area contributed by atoms with E-state index in [0.29, 0.717) is 30.2 Å². The molecule has 0 radical (unpaired) electrons. The first-order chi connectivity index (χ1) is 12.5. The highest BCUT2D eigenvalue weighted by atomic mass is 16.3. The van der Waals surface area contributed by atoms with Gasteiger partial charge in [-0.05, 0) is 33.3 Å². The maximum Gasteiger partial charge on any atom is 0.227 e. The van der Waals surface area contributed by atoms with Crippen LogP contribution in [0.5, 0.6) is 0 Å². The number of rotatable bonds is 4. The summed E-state index contributed by atoms with van der Waals surface area (Å²) in [6.07, 6.45) is 3.94. The molecule has 136 valence electrons. The van der Waals surface area contributed by atoms with E-state index in [-0.39, 0.29) is 6.10 Å². The van der Waals surface area contributed by atoms with Gasteiger partial charge in [0.05, 0.1) is 17.8 Å². The molecule has 0 saturated carbocycles. The Hall–Kier alpha value is -2.74. The Morgan fingerprint density at radius 3 is 2.81 bits per heavy atom. The Bertz CT molecular complexity index is 936. The second-order valence-corrected chi connectivity index (χ2v) is 6.94. The van der Waals surface area contributed by atoms with E-state index in [1.54, 1.807) is 12.4 Å². The normalized spacial score (nSPS) is 17.4. The zero-order chi connectivity index (χ0) is 18.3. The number of imidazole rings is 1. The largest absolute Gasteiger partial charge is 0.391 e. The van der Waals surface area contributed by atoms with Crippen LogP contribution in [0.2, 0.25) is 0 Å². The van der Waals surface area contributed by atoms with Crippen LogP contribution in [0.1, 0.15) is 32.1 Å². The highest BCUT2D eigenvalue weighted by Gasteiger charge is 2.22. The number of nitrogens with zero attached hydrogens (tertiary/aromatic N) is 6. The van der Waals surface area contributed by atoms with E-state index in [9.17, 15) is 5.11 Å². The Labute approximate surface area is 151 Å². The predicted octanol–water partition coefficient (Wildman–Crippen LogP) is 2.43. The minimum atomic E-state index is -0.307. The van der Waals surface area contributed by atoms with Gasteiger partial charge in [0.2, 0.25) is 5.95 Å². The van der Waals surface area contributed by atoms with E-state index in [1.165, 1.54) is 0 Å². The molecule has 1 saturated heterocycles. The molecular formula is C18H23N7O. The van der Waals surface area contributed by atoms with Crippen LogP contribution in [0.4, 0.5) is 17.6 Å². The average molecular weight is 353 g/mol. The molecule has 1 aliphatic rings. The number of nitrogens with one attached hydrogen (secondary N) is 1. The summed E-state index contributed by atoms with van der Waals surface area (Å²) < 4.78 is 2.19. The first-order valence-corrected chi connectivity index (χ1v) is 8.89. The van der Waals surface area contributed by atoms with Gasteiger partial charge in [0, 0.05) is 31.4 Å². The summed E-state index contributed by atoms with van der Waals surface area (Å²) in [4.78, 5) is 19.9. The topological polar surface area (TPSA) is 92.0 Å². The Morgan fingerprint density at radius 1 is 1.23 bits per heavy atom. The fraction of sp³-hybridized carbons (Fsp3) is 0.444. The molecule has 0 amide bonds. The van der Waals surface area contributed by atoms with Gasteiger partial charge in [-0.2, -0.15) is 4.98 Å². The summed E-state index contributed by atoms with van der Waals surface area (Å²) in [6.45, 7) is 7.63. The summed E-state index contributed by atoms with van der Waals surface area (Å²) in [5, 5.41) is 13.0. The molecule has 8 nitrogen and oxygen atoms in total. The number of pyridine rings is 1. The fourth-order valence-electron chi connectivity index (χ4n) is 3.46. The first-order valence-electron chi connectivity index (χ1n) is 8.89. The van der Waals surface area contributed by atoms with Crippen molar-refractivity contribution in [3.63, 3.8) is 0 Å². The molecule has 4 heterocycles. The number of aromatic nitrogens is 5. The van der Waals surface area contributed by atoms with E-state index in [4.69, 9.17) is 0 Å². The van der Waals surface area contributed by atoms with Crippen LogP contribution in [0.25, 0.3) is 11.0 Å². The molecule has 1 unspecified atom stereocenters. The Morgan fingerprint density at radius 2 is 2.08 bits per heavy atom. The molecule has 4 rings (SSSR count). The fourth-order valence-corrected chi connectivity index (χ4v) is 3.46.